The Kier molecular flexibility index (Phi) is 3.59. The van der Waals surface area contributed by atoms with Crippen LogP contribution < -0.4 is 4.72 Å². The Balaban J connectivity index is 2.00. The van der Waals surface area contributed by atoms with Gasteiger partial charge in [-0.25, -0.2) is 18.1 Å². The first-order valence-corrected chi connectivity index (χ1v) is 9.28. The van der Waals surface area contributed by atoms with Crippen molar-refractivity contribution in [3.63, 3.8) is 0 Å². The number of nitrogens with one attached hydrogen (secondary N) is 1. The zero-order valence-corrected chi connectivity index (χ0v) is 13.5. The van der Waals surface area contributed by atoms with Crippen LogP contribution in [0.25, 0.3) is 4.96 Å². The molecule has 0 saturated carbocycles. The Morgan fingerprint density at radius 3 is 2.90 bits per heavy atom. The van der Waals surface area contributed by atoms with Crippen LogP contribution in [-0.2, 0) is 10.0 Å². The van der Waals surface area contributed by atoms with Crippen LogP contribution in [0, 0.1) is 0 Å². The fraction of sp³-hybridized carbons (Fsp3) is 0.182. The normalized spacial score (nSPS) is 13.9. The fourth-order valence-corrected chi connectivity index (χ4v) is 5.35. The first kappa shape index (κ1) is 14.0. The summed E-state index contributed by atoms with van der Waals surface area (Å²) in [5.41, 5.74) is 0. The first-order chi connectivity index (χ1) is 9.49. The third-order valence-corrected chi connectivity index (χ3v) is 6.49. The molecule has 0 radical (unpaired) electrons. The van der Waals surface area contributed by atoms with E-state index in [0.717, 1.165) is 4.88 Å². The van der Waals surface area contributed by atoms with Gasteiger partial charge in [-0.1, -0.05) is 17.7 Å². The van der Waals surface area contributed by atoms with Gasteiger partial charge < -0.3 is 0 Å². The van der Waals surface area contributed by atoms with E-state index in [9.17, 15) is 8.42 Å². The molecule has 3 aromatic rings. The highest BCUT2D eigenvalue weighted by molar-refractivity contribution is 7.89. The minimum Gasteiger partial charge on any atom is -0.279 e. The van der Waals surface area contributed by atoms with E-state index in [1.165, 1.54) is 27.1 Å². The number of hydrogen-bond donors (Lipinski definition) is 1. The molecule has 0 amide bonds. The van der Waals surface area contributed by atoms with Gasteiger partial charge in [0.25, 0.3) is 10.0 Å². The minimum absolute atomic E-state index is 0.0114. The molecule has 9 heteroatoms. The van der Waals surface area contributed by atoms with Gasteiger partial charge in [0.05, 0.1) is 6.04 Å². The second kappa shape index (κ2) is 5.12. The third-order valence-electron chi connectivity index (χ3n) is 2.73. The summed E-state index contributed by atoms with van der Waals surface area (Å²) in [4.78, 5) is 5.54. The van der Waals surface area contributed by atoms with E-state index < -0.39 is 10.0 Å². The Bertz CT molecular complexity index is 836. The van der Waals surface area contributed by atoms with Crippen LogP contribution in [0.2, 0.25) is 5.15 Å². The molecule has 3 rings (SSSR count). The zero-order valence-electron chi connectivity index (χ0n) is 10.3. The van der Waals surface area contributed by atoms with Gasteiger partial charge in [-0.15, -0.1) is 22.7 Å². The molecule has 0 aliphatic rings. The van der Waals surface area contributed by atoms with E-state index >= 15 is 0 Å². The lowest BCUT2D eigenvalue weighted by Crippen LogP contribution is -2.27. The average molecular weight is 348 g/mol. The molecular weight excluding hydrogens is 338 g/mol. The molecule has 0 aromatic carbocycles. The zero-order chi connectivity index (χ0) is 14.3. The van der Waals surface area contributed by atoms with Crippen LogP contribution in [0.1, 0.15) is 17.8 Å². The van der Waals surface area contributed by atoms with Crippen LogP contribution in [0.4, 0.5) is 0 Å². The molecule has 3 heterocycles. The molecule has 0 spiro atoms. The van der Waals surface area contributed by atoms with E-state index in [1.54, 1.807) is 18.5 Å². The van der Waals surface area contributed by atoms with Crippen molar-refractivity contribution in [3.05, 3.63) is 39.1 Å². The summed E-state index contributed by atoms with van der Waals surface area (Å²) in [6.07, 6.45) is 1.64. The third kappa shape index (κ3) is 2.38. The lowest BCUT2D eigenvalue weighted by Gasteiger charge is -2.12. The molecule has 0 fully saturated rings. The van der Waals surface area contributed by atoms with Gasteiger partial charge in [0, 0.05) is 16.5 Å². The van der Waals surface area contributed by atoms with Crippen molar-refractivity contribution in [1.29, 1.82) is 0 Å². The molecule has 0 saturated heterocycles. The number of thiophene rings is 1. The van der Waals surface area contributed by atoms with Gasteiger partial charge >= 0.3 is 0 Å². The van der Waals surface area contributed by atoms with Gasteiger partial charge in [0.15, 0.2) is 15.1 Å². The lowest BCUT2D eigenvalue weighted by atomic mass is 10.3. The highest BCUT2D eigenvalue weighted by atomic mass is 35.5. The van der Waals surface area contributed by atoms with E-state index in [4.69, 9.17) is 11.6 Å². The Morgan fingerprint density at radius 2 is 2.20 bits per heavy atom. The highest BCUT2D eigenvalue weighted by Crippen LogP contribution is 2.27. The lowest BCUT2D eigenvalue weighted by molar-refractivity contribution is 0.564. The smallest absolute Gasteiger partial charge is 0.260 e. The van der Waals surface area contributed by atoms with Crippen molar-refractivity contribution in [2.75, 3.05) is 0 Å². The number of imidazole rings is 1. The standard InChI is InChI=1S/C11H10ClN3O2S3/c1-7(8-3-2-5-18-8)14-20(16,17)10-9(12)13-11-15(10)4-6-19-11/h2-7,14H,1H3. The number of fused-ring (bicyclic) bond motifs is 1. The Labute approximate surface area is 128 Å². The van der Waals surface area contributed by atoms with E-state index in [0.29, 0.717) is 4.96 Å². The summed E-state index contributed by atoms with van der Waals surface area (Å²) in [5.74, 6) is 0. The van der Waals surface area contributed by atoms with Crippen molar-refractivity contribution in [2.24, 2.45) is 0 Å². The predicted octanol–water partition coefficient (Wildman–Crippen LogP) is 3.15. The van der Waals surface area contributed by atoms with E-state index in [1.807, 2.05) is 17.5 Å². The molecule has 1 unspecified atom stereocenters. The predicted molar refractivity (Wildman–Crippen MR) is 81.1 cm³/mol. The van der Waals surface area contributed by atoms with Gasteiger partial charge in [0.2, 0.25) is 0 Å². The molecular formula is C11H10ClN3O2S3. The number of aromatic nitrogens is 2. The van der Waals surface area contributed by atoms with Crippen LogP contribution in [-0.4, -0.2) is 17.8 Å². The molecule has 20 heavy (non-hydrogen) atoms. The molecule has 1 N–H and O–H groups in total. The molecule has 0 aliphatic carbocycles. The van der Waals surface area contributed by atoms with Crippen molar-refractivity contribution >= 4 is 49.3 Å². The maximum absolute atomic E-state index is 12.5. The molecule has 3 aromatic heterocycles. The minimum atomic E-state index is -3.74. The molecule has 5 nitrogen and oxygen atoms in total. The number of nitrogens with zero attached hydrogens (tertiary/aromatic N) is 2. The van der Waals surface area contributed by atoms with E-state index in [2.05, 4.69) is 9.71 Å². The van der Waals surface area contributed by atoms with E-state index in [-0.39, 0.29) is 16.2 Å². The summed E-state index contributed by atoms with van der Waals surface area (Å²) >= 11 is 8.79. The number of sulfonamides is 1. The number of thiazole rings is 1. The van der Waals surface area contributed by atoms with Crippen LogP contribution in [0.15, 0.2) is 34.1 Å². The average Bonchev–Trinajstić information content (AvgIpc) is 3.01. The molecule has 106 valence electrons. The summed E-state index contributed by atoms with van der Waals surface area (Å²) in [5, 5.41) is 3.64. The Hall–Kier alpha value is -0.930. The van der Waals surface area contributed by atoms with Crippen molar-refractivity contribution in [1.82, 2.24) is 14.1 Å². The van der Waals surface area contributed by atoms with Crippen LogP contribution >= 0.6 is 34.3 Å². The summed E-state index contributed by atoms with van der Waals surface area (Å²) < 4.78 is 29.1. The first-order valence-electron chi connectivity index (χ1n) is 5.66. The summed E-state index contributed by atoms with van der Waals surface area (Å²) in [6.45, 7) is 1.79. The highest BCUT2D eigenvalue weighted by Gasteiger charge is 2.27. The van der Waals surface area contributed by atoms with Crippen molar-refractivity contribution in [2.45, 2.75) is 18.0 Å². The monoisotopic (exact) mass is 347 g/mol. The second-order valence-electron chi connectivity index (χ2n) is 4.12. The summed E-state index contributed by atoms with van der Waals surface area (Å²) in [6, 6.07) is 3.45. The summed E-state index contributed by atoms with van der Waals surface area (Å²) in [7, 11) is -3.74. The molecule has 0 aliphatic heterocycles. The topological polar surface area (TPSA) is 63.5 Å². The van der Waals surface area contributed by atoms with Gasteiger partial charge in [-0.05, 0) is 18.4 Å². The van der Waals surface area contributed by atoms with Crippen LogP contribution in [0.5, 0.6) is 0 Å². The maximum Gasteiger partial charge on any atom is 0.260 e. The molecule has 1 atom stereocenters. The van der Waals surface area contributed by atoms with Gasteiger partial charge in [-0.3, -0.25) is 4.40 Å². The Morgan fingerprint density at radius 1 is 1.40 bits per heavy atom. The molecule has 0 bridgehead atoms. The fourth-order valence-electron chi connectivity index (χ4n) is 1.86. The van der Waals surface area contributed by atoms with Gasteiger partial charge in [0.1, 0.15) is 0 Å². The quantitative estimate of drug-likeness (QED) is 0.788. The van der Waals surface area contributed by atoms with Crippen molar-refractivity contribution in [3.8, 4) is 0 Å². The van der Waals surface area contributed by atoms with Crippen molar-refractivity contribution < 1.29 is 8.42 Å². The number of hydrogen-bond acceptors (Lipinski definition) is 5. The maximum atomic E-state index is 12.5. The number of halogens is 1. The largest absolute Gasteiger partial charge is 0.279 e. The van der Waals surface area contributed by atoms with Gasteiger partial charge in [-0.2, -0.15) is 0 Å². The second-order valence-corrected chi connectivity index (χ2v) is 7.96. The number of rotatable bonds is 4. The van der Waals surface area contributed by atoms with Crippen LogP contribution in [0.3, 0.4) is 0 Å². The SMILES string of the molecule is CC(NS(=O)(=O)c1c(Cl)nc2sccn12)c1cccs1.